The van der Waals surface area contributed by atoms with E-state index in [9.17, 15) is 13.2 Å². The number of carbonyl (C=O) groups is 1. The molecule has 0 aromatic heterocycles. The van der Waals surface area contributed by atoms with Gasteiger partial charge in [0.1, 0.15) is 10.6 Å². The van der Waals surface area contributed by atoms with Crippen molar-refractivity contribution >= 4 is 15.9 Å². The largest absolute Gasteiger partial charge is 0.495 e. The van der Waals surface area contributed by atoms with Gasteiger partial charge in [0.25, 0.3) is 5.91 Å². The van der Waals surface area contributed by atoms with Crippen LogP contribution in [0, 0.1) is 0 Å². The molecule has 1 unspecified atom stereocenters. The predicted octanol–water partition coefficient (Wildman–Crippen LogP) is 3.18. The first kappa shape index (κ1) is 20.7. The third-order valence-electron chi connectivity index (χ3n) is 5.08. The summed E-state index contributed by atoms with van der Waals surface area (Å²) in [6.07, 6.45) is 4.38. The van der Waals surface area contributed by atoms with Crippen LogP contribution in [0.25, 0.3) is 0 Å². The Morgan fingerprint density at radius 2 is 2.00 bits per heavy atom. The summed E-state index contributed by atoms with van der Waals surface area (Å²) in [6.45, 7) is 6.44. The zero-order valence-corrected chi connectivity index (χ0v) is 16.9. The Bertz CT molecular complexity index is 729. The second kappa shape index (κ2) is 8.86. The number of amides is 1. The van der Waals surface area contributed by atoms with Crippen LogP contribution in [0.15, 0.2) is 23.1 Å². The van der Waals surface area contributed by atoms with E-state index in [0.29, 0.717) is 12.1 Å². The number of nitrogens with zero attached hydrogens (tertiary/aromatic N) is 1. The van der Waals surface area contributed by atoms with Crippen LogP contribution in [-0.2, 0) is 10.0 Å². The molecule has 0 saturated carbocycles. The normalized spacial score (nSPS) is 18.7. The third kappa shape index (κ3) is 4.38. The Morgan fingerprint density at radius 1 is 1.31 bits per heavy atom. The number of ether oxygens (including phenoxy) is 1. The summed E-state index contributed by atoms with van der Waals surface area (Å²) >= 11 is 0. The van der Waals surface area contributed by atoms with Crippen LogP contribution >= 0.6 is 0 Å². The Morgan fingerprint density at radius 3 is 2.58 bits per heavy atom. The summed E-state index contributed by atoms with van der Waals surface area (Å²) in [4.78, 5) is 12.6. The maximum absolute atomic E-state index is 13.2. The van der Waals surface area contributed by atoms with Crippen LogP contribution in [-0.4, -0.2) is 44.4 Å². The molecule has 1 heterocycles. The van der Waals surface area contributed by atoms with Crippen molar-refractivity contribution in [3.8, 4) is 5.75 Å². The summed E-state index contributed by atoms with van der Waals surface area (Å²) < 4.78 is 33.2. The Kier molecular flexibility index (Phi) is 7.06. The summed E-state index contributed by atoms with van der Waals surface area (Å²) in [5.41, 5.74) is 0.334. The first-order chi connectivity index (χ1) is 12.3. The number of sulfonamides is 1. The molecule has 6 nitrogen and oxygen atoms in total. The molecule has 1 saturated heterocycles. The van der Waals surface area contributed by atoms with E-state index in [2.05, 4.69) is 5.32 Å². The molecule has 0 spiro atoms. The molecule has 1 aromatic rings. The maximum Gasteiger partial charge on any atom is 0.251 e. The fourth-order valence-electron chi connectivity index (χ4n) is 3.34. The molecule has 0 bridgehead atoms. The van der Waals surface area contributed by atoms with Gasteiger partial charge < -0.3 is 10.1 Å². The van der Waals surface area contributed by atoms with Crippen LogP contribution in [0.4, 0.5) is 0 Å². The van der Waals surface area contributed by atoms with Gasteiger partial charge in [0.05, 0.1) is 7.11 Å². The number of benzene rings is 1. The van der Waals surface area contributed by atoms with E-state index in [0.717, 1.165) is 32.1 Å². The van der Waals surface area contributed by atoms with Crippen LogP contribution < -0.4 is 10.1 Å². The van der Waals surface area contributed by atoms with E-state index in [4.69, 9.17) is 4.74 Å². The summed E-state index contributed by atoms with van der Waals surface area (Å²) in [5, 5.41) is 2.95. The molecule has 1 atom stereocenters. The fraction of sp³-hybridized carbons (Fsp3) is 0.632. The van der Waals surface area contributed by atoms with Gasteiger partial charge >= 0.3 is 0 Å². The van der Waals surface area contributed by atoms with Crippen molar-refractivity contribution in [3.63, 3.8) is 0 Å². The quantitative estimate of drug-likeness (QED) is 0.786. The molecule has 1 aromatic carbocycles. The van der Waals surface area contributed by atoms with Gasteiger partial charge in [-0.15, -0.1) is 0 Å². The second-order valence-electron chi connectivity index (χ2n) is 6.81. The van der Waals surface area contributed by atoms with Crippen molar-refractivity contribution in [2.24, 2.45) is 0 Å². The fourth-order valence-corrected chi connectivity index (χ4v) is 5.22. The van der Waals surface area contributed by atoms with Crippen molar-refractivity contribution in [2.75, 3.05) is 13.7 Å². The van der Waals surface area contributed by atoms with Gasteiger partial charge in [0, 0.05) is 24.2 Å². The molecule has 26 heavy (non-hydrogen) atoms. The average molecular weight is 383 g/mol. The molecule has 1 fully saturated rings. The molecule has 0 aliphatic carbocycles. The molecule has 0 radical (unpaired) electrons. The lowest BCUT2D eigenvalue weighted by Gasteiger charge is -2.32. The monoisotopic (exact) mass is 382 g/mol. The zero-order valence-electron chi connectivity index (χ0n) is 16.1. The smallest absolute Gasteiger partial charge is 0.251 e. The lowest BCUT2D eigenvalue weighted by molar-refractivity contribution is 0.0934. The summed E-state index contributed by atoms with van der Waals surface area (Å²) in [7, 11) is -2.28. The number of piperidine rings is 1. The number of hydrogen-bond acceptors (Lipinski definition) is 4. The van der Waals surface area contributed by atoms with Gasteiger partial charge in [-0.1, -0.05) is 20.3 Å². The van der Waals surface area contributed by atoms with Gasteiger partial charge in [-0.25, -0.2) is 8.42 Å². The number of rotatable bonds is 7. The van der Waals surface area contributed by atoms with E-state index < -0.39 is 10.0 Å². The van der Waals surface area contributed by atoms with Gasteiger partial charge in [-0.2, -0.15) is 4.31 Å². The summed E-state index contributed by atoms with van der Waals surface area (Å²) in [6, 6.07) is 4.62. The standard InChI is InChI=1S/C19H30N2O4S/c1-5-16(6-2)20-19(22)15-10-11-17(25-4)18(13-15)26(23,24)21-12-8-7-9-14(21)3/h10-11,13-14,16H,5-9,12H2,1-4H3,(H,20,22). The highest BCUT2D eigenvalue weighted by atomic mass is 32.2. The molecule has 7 heteroatoms. The number of hydrogen-bond donors (Lipinski definition) is 1. The topological polar surface area (TPSA) is 75.7 Å². The van der Waals surface area contributed by atoms with Gasteiger partial charge in [0.15, 0.2) is 0 Å². The van der Waals surface area contributed by atoms with Crippen LogP contribution in [0.1, 0.15) is 63.2 Å². The summed E-state index contributed by atoms with van der Waals surface area (Å²) in [5.74, 6) is 0.00588. The Hall–Kier alpha value is -1.60. The van der Waals surface area contributed by atoms with Crippen molar-refractivity contribution in [1.29, 1.82) is 0 Å². The zero-order chi connectivity index (χ0) is 19.3. The highest BCUT2D eigenvalue weighted by Gasteiger charge is 2.33. The average Bonchev–Trinajstić information content (AvgIpc) is 2.65. The third-order valence-corrected chi connectivity index (χ3v) is 7.11. The van der Waals surface area contributed by atoms with Gasteiger partial charge in [-0.3, -0.25) is 4.79 Å². The lowest BCUT2D eigenvalue weighted by Crippen LogP contribution is -2.42. The van der Waals surface area contributed by atoms with E-state index in [1.807, 2.05) is 20.8 Å². The first-order valence-corrected chi connectivity index (χ1v) is 10.8. The first-order valence-electron chi connectivity index (χ1n) is 9.35. The molecule has 1 aliphatic heterocycles. The van der Waals surface area contributed by atoms with Crippen molar-refractivity contribution in [3.05, 3.63) is 23.8 Å². The minimum Gasteiger partial charge on any atom is -0.495 e. The Balaban J connectivity index is 2.39. The van der Waals surface area contributed by atoms with E-state index in [-0.39, 0.29) is 28.6 Å². The predicted molar refractivity (Wildman–Crippen MR) is 102 cm³/mol. The number of carbonyl (C=O) groups excluding carboxylic acids is 1. The SMILES string of the molecule is CCC(CC)NC(=O)c1ccc(OC)c(S(=O)(=O)N2CCCCC2C)c1. The van der Waals surface area contributed by atoms with E-state index >= 15 is 0 Å². The molecule has 146 valence electrons. The van der Waals surface area contributed by atoms with Crippen molar-refractivity contribution in [1.82, 2.24) is 9.62 Å². The van der Waals surface area contributed by atoms with Crippen LogP contribution in [0.3, 0.4) is 0 Å². The minimum atomic E-state index is -3.72. The lowest BCUT2D eigenvalue weighted by atomic mass is 10.1. The number of methoxy groups -OCH3 is 1. The maximum atomic E-state index is 13.2. The Labute approximate surface area is 157 Å². The second-order valence-corrected chi connectivity index (χ2v) is 8.67. The molecular formula is C19H30N2O4S. The number of nitrogens with one attached hydrogen (secondary N) is 1. The highest BCUT2D eigenvalue weighted by molar-refractivity contribution is 7.89. The molecule has 1 aliphatic rings. The molecule has 1 N–H and O–H groups in total. The molecule has 1 amide bonds. The van der Waals surface area contributed by atoms with Gasteiger partial charge in [-0.05, 0) is 50.8 Å². The van der Waals surface area contributed by atoms with Crippen molar-refractivity contribution < 1.29 is 17.9 Å². The highest BCUT2D eigenvalue weighted by Crippen LogP contribution is 2.31. The van der Waals surface area contributed by atoms with Crippen LogP contribution in [0.2, 0.25) is 0 Å². The van der Waals surface area contributed by atoms with Gasteiger partial charge in [0.2, 0.25) is 10.0 Å². The van der Waals surface area contributed by atoms with Crippen LogP contribution in [0.5, 0.6) is 5.75 Å². The molecule has 2 rings (SSSR count). The van der Waals surface area contributed by atoms with E-state index in [1.54, 1.807) is 12.1 Å². The minimum absolute atomic E-state index is 0.0551. The molecular weight excluding hydrogens is 352 g/mol. The van der Waals surface area contributed by atoms with E-state index in [1.165, 1.54) is 17.5 Å². The van der Waals surface area contributed by atoms with Crippen molar-refractivity contribution in [2.45, 2.75) is 69.9 Å².